The Hall–Kier alpha value is -0.0800. The van der Waals surface area contributed by atoms with Crippen LogP contribution in [0.4, 0.5) is 0 Å². The first-order valence-corrected chi connectivity index (χ1v) is 6.13. The molecule has 2 fully saturated rings. The number of hydrogen-bond acceptors (Lipinski definition) is 2. The number of rotatable bonds is 2. The maximum atomic E-state index is 6.16. The van der Waals surface area contributed by atoms with Crippen LogP contribution in [0, 0.1) is 11.8 Å². The Balaban J connectivity index is 1.82. The monoisotopic (exact) mass is 197 g/mol. The topological polar surface area (TPSA) is 35.2 Å². The lowest BCUT2D eigenvalue weighted by Gasteiger charge is -2.33. The summed E-state index contributed by atoms with van der Waals surface area (Å²) in [5.74, 6) is 1.60. The first-order valence-electron chi connectivity index (χ1n) is 6.13. The molecule has 82 valence electrons. The van der Waals surface area contributed by atoms with Gasteiger partial charge in [0.05, 0.1) is 6.10 Å². The second kappa shape index (κ2) is 4.63. The highest BCUT2D eigenvalue weighted by molar-refractivity contribution is 4.83. The second-order valence-corrected chi connectivity index (χ2v) is 5.21. The van der Waals surface area contributed by atoms with Crippen LogP contribution in [-0.2, 0) is 4.74 Å². The van der Waals surface area contributed by atoms with Gasteiger partial charge in [-0.1, -0.05) is 6.92 Å². The van der Waals surface area contributed by atoms with Crippen LogP contribution in [0.1, 0.15) is 45.4 Å². The molecule has 2 nitrogen and oxygen atoms in total. The lowest BCUT2D eigenvalue weighted by molar-refractivity contribution is 0.0735. The van der Waals surface area contributed by atoms with Crippen LogP contribution < -0.4 is 5.73 Å². The van der Waals surface area contributed by atoms with Gasteiger partial charge in [0.15, 0.2) is 0 Å². The zero-order valence-corrected chi connectivity index (χ0v) is 9.24. The van der Waals surface area contributed by atoms with Gasteiger partial charge in [0, 0.05) is 12.6 Å². The summed E-state index contributed by atoms with van der Waals surface area (Å²) in [4.78, 5) is 0. The predicted molar refractivity (Wildman–Crippen MR) is 58.1 cm³/mol. The summed E-state index contributed by atoms with van der Waals surface area (Å²) in [6, 6.07) is 0.440. The predicted octanol–water partition coefficient (Wildman–Crippen LogP) is 2.32. The molecule has 4 atom stereocenters. The summed E-state index contributed by atoms with van der Waals surface area (Å²) >= 11 is 0. The fourth-order valence-corrected chi connectivity index (χ4v) is 2.96. The smallest absolute Gasteiger partial charge is 0.0579 e. The highest BCUT2D eigenvalue weighted by Gasteiger charge is 2.29. The molecular formula is C12H23NO. The van der Waals surface area contributed by atoms with Gasteiger partial charge >= 0.3 is 0 Å². The Morgan fingerprint density at radius 2 is 2.14 bits per heavy atom. The summed E-state index contributed by atoms with van der Waals surface area (Å²) < 4.78 is 5.68. The molecule has 1 saturated carbocycles. The van der Waals surface area contributed by atoms with Crippen LogP contribution in [-0.4, -0.2) is 18.8 Å². The second-order valence-electron chi connectivity index (χ2n) is 5.21. The van der Waals surface area contributed by atoms with Gasteiger partial charge in [-0.25, -0.2) is 0 Å². The normalized spacial score (nSPS) is 44.1. The van der Waals surface area contributed by atoms with Gasteiger partial charge < -0.3 is 10.5 Å². The van der Waals surface area contributed by atoms with Crippen molar-refractivity contribution in [2.24, 2.45) is 17.6 Å². The van der Waals surface area contributed by atoms with Gasteiger partial charge in [0.25, 0.3) is 0 Å². The van der Waals surface area contributed by atoms with Gasteiger partial charge in [-0.05, 0) is 50.4 Å². The largest absolute Gasteiger partial charge is 0.378 e. The van der Waals surface area contributed by atoms with E-state index in [0.29, 0.717) is 12.1 Å². The molecule has 0 aromatic heterocycles. The molecule has 0 bridgehead atoms. The maximum Gasteiger partial charge on any atom is 0.0579 e. The van der Waals surface area contributed by atoms with Crippen molar-refractivity contribution in [3.05, 3.63) is 0 Å². The van der Waals surface area contributed by atoms with Crippen LogP contribution >= 0.6 is 0 Å². The number of ether oxygens (including phenoxy) is 1. The van der Waals surface area contributed by atoms with Crippen LogP contribution in [0.2, 0.25) is 0 Å². The molecule has 1 saturated heterocycles. The fourth-order valence-electron chi connectivity index (χ4n) is 2.96. The minimum atomic E-state index is 0.440. The lowest BCUT2D eigenvalue weighted by atomic mass is 9.76. The van der Waals surface area contributed by atoms with Crippen LogP contribution in [0.25, 0.3) is 0 Å². The highest BCUT2D eigenvalue weighted by atomic mass is 16.5. The zero-order chi connectivity index (χ0) is 9.97. The van der Waals surface area contributed by atoms with Crippen molar-refractivity contribution >= 4 is 0 Å². The summed E-state index contributed by atoms with van der Waals surface area (Å²) in [6.45, 7) is 3.33. The average molecular weight is 197 g/mol. The molecular weight excluding hydrogens is 174 g/mol. The molecule has 2 N–H and O–H groups in total. The van der Waals surface area contributed by atoms with Crippen molar-refractivity contribution in [1.82, 2.24) is 0 Å². The molecule has 14 heavy (non-hydrogen) atoms. The van der Waals surface area contributed by atoms with Gasteiger partial charge in [-0.15, -0.1) is 0 Å². The van der Waals surface area contributed by atoms with Gasteiger partial charge in [0.2, 0.25) is 0 Å². The standard InChI is InChI=1S/C12H23NO/c1-9-4-5-12(13)10(7-9)8-11-3-2-6-14-11/h9-12H,2-8,13H2,1H3. The third-order valence-corrected chi connectivity index (χ3v) is 3.89. The SMILES string of the molecule is CC1CCC(N)C(CC2CCCO2)C1. The number of nitrogens with two attached hydrogens (primary N) is 1. The van der Waals surface area contributed by atoms with E-state index in [0.717, 1.165) is 18.4 Å². The molecule has 0 spiro atoms. The molecule has 2 heteroatoms. The van der Waals surface area contributed by atoms with Crippen molar-refractivity contribution in [1.29, 1.82) is 0 Å². The summed E-state index contributed by atoms with van der Waals surface area (Å²) in [7, 11) is 0. The Kier molecular flexibility index (Phi) is 3.45. The minimum absolute atomic E-state index is 0.440. The van der Waals surface area contributed by atoms with Gasteiger partial charge in [-0.2, -0.15) is 0 Å². The third-order valence-electron chi connectivity index (χ3n) is 3.89. The van der Waals surface area contributed by atoms with Crippen molar-refractivity contribution < 1.29 is 4.74 Å². The molecule has 1 aliphatic heterocycles. The maximum absolute atomic E-state index is 6.16. The molecule has 2 rings (SSSR count). The fraction of sp³-hybridized carbons (Fsp3) is 1.00. The Labute approximate surface area is 87.2 Å². The Bertz CT molecular complexity index is 177. The molecule has 0 amide bonds. The molecule has 2 aliphatic rings. The molecule has 0 radical (unpaired) electrons. The number of hydrogen-bond donors (Lipinski definition) is 1. The van der Waals surface area contributed by atoms with E-state index in [1.54, 1.807) is 0 Å². The summed E-state index contributed by atoms with van der Waals surface area (Å²) in [5.41, 5.74) is 6.16. The van der Waals surface area contributed by atoms with Gasteiger partial charge in [0.1, 0.15) is 0 Å². The molecule has 1 aliphatic carbocycles. The van der Waals surface area contributed by atoms with Crippen LogP contribution in [0.3, 0.4) is 0 Å². The van der Waals surface area contributed by atoms with E-state index >= 15 is 0 Å². The first-order chi connectivity index (χ1) is 6.75. The van der Waals surface area contributed by atoms with Crippen molar-refractivity contribution in [2.75, 3.05) is 6.61 Å². The Morgan fingerprint density at radius 1 is 1.29 bits per heavy atom. The van der Waals surface area contributed by atoms with E-state index in [1.807, 2.05) is 0 Å². The van der Waals surface area contributed by atoms with E-state index in [4.69, 9.17) is 10.5 Å². The molecule has 1 heterocycles. The first kappa shape index (κ1) is 10.4. The van der Waals surface area contributed by atoms with Crippen molar-refractivity contribution in [3.63, 3.8) is 0 Å². The van der Waals surface area contributed by atoms with Crippen molar-refractivity contribution in [2.45, 2.75) is 57.6 Å². The van der Waals surface area contributed by atoms with E-state index in [9.17, 15) is 0 Å². The Morgan fingerprint density at radius 3 is 2.86 bits per heavy atom. The van der Waals surface area contributed by atoms with E-state index in [-0.39, 0.29) is 0 Å². The van der Waals surface area contributed by atoms with E-state index in [2.05, 4.69) is 6.92 Å². The van der Waals surface area contributed by atoms with Crippen molar-refractivity contribution in [3.8, 4) is 0 Å². The molecule has 4 unspecified atom stereocenters. The average Bonchev–Trinajstić information content (AvgIpc) is 2.64. The lowest BCUT2D eigenvalue weighted by Crippen LogP contribution is -2.37. The van der Waals surface area contributed by atoms with Crippen LogP contribution in [0.15, 0.2) is 0 Å². The zero-order valence-electron chi connectivity index (χ0n) is 9.24. The van der Waals surface area contributed by atoms with E-state index in [1.165, 1.54) is 38.5 Å². The minimum Gasteiger partial charge on any atom is -0.378 e. The third kappa shape index (κ3) is 2.48. The quantitative estimate of drug-likeness (QED) is 0.737. The van der Waals surface area contributed by atoms with Crippen LogP contribution in [0.5, 0.6) is 0 Å². The highest BCUT2D eigenvalue weighted by Crippen LogP contribution is 2.33. The van der Waals surface area contributed by atoms with E-state index < -0.39 is 0 Å². The van der Waals surface area contributed by atoms with Gasteiger partial charge in [-0.3, -0.25) is 0 Å². The summed E-state index contributed by atoms with van der Waals surface area (Å²) in [5, 5.41) is 0. The molecule has 0 aromatic rings. The molecule has 0 aromatic carbocycles. The summed E-state index contributed by atoms with van der Waals surface area (Å²) in [6.07, 6.45) is 8.12.